The average molecular weight is 242 g/mol. The molecule has 0 fully saturated rings. The average Bonchev–Trinajstić information content (AvgIpc) is 2.20. The Bertz CT molecular complexity index is 421. The fourth-order valence-electron chi connectivity index (χ4n) is 1.42. The molecule has 0 radical (unpaired) electrons. The molecule has 1 rings (SSSR count). The number of methoxy groups -OCH3 is 1. The normalized spacial score (nSPS) is 11.3. The Morgan fingerprint density at radius 1 is 1.65 bits per heavy atom. The van der Waals surface area contributed by atoms with Crippen molar-refractivity contribution in [2.75, 3.05) is 19.0 Å². The molecule has 0 aliphatic heterocycles. The van der Waals surface area contributed by atoms with Crippen LogP contribution in [0.15, 0.2) is 12.3 Å². The van der Waals surface area contributed by atoms with Crippen LogP contribution < -0.4 is 5.32 Å². The van der Waals surface area contributed by atoms with Gasteiger partial charge in [-0.1, -0.05) is 0 Å². The van der Waals surface area contributed by atoms with Gasteiger partial charge in [-0.25, -0.2) is 14.2 Å². The van der Waals surface area contributed by atoms with Gasteiger partial charge < -0.3 is 15.2 Å². The van der Waals surface area contributed by atoms with Gasteiger partial charge in [0.1, 0.15) is 17.2 Å². The van der Waals surface area contributed by atoms with Crippen molar-refractivity contribution in [3.05, 3.63) is 23.6 Å². The predicted molar refractivity (Wildman–Crippen MR) is 60.7 cm³/mol. The van der Waals surface area contributed by atoms with Crippen molar-refractivity contribution < 1.29 is 19.0 Å². The molecule has 1 heterocycles. The quantitative estimate of drug-likeness (QED) is 0.823. The maximum absolute atomic E-state index is 12.9. The molecule has 1 aromatic rings. The lowest BCUT2D eigenvalue weighted by Gasteiger charge is -2.26. The Hall–Kier alpha value is -1.69. The minimum atomic E-state index is -1.23. The largest absolute Gasteiger partial charge is 0.478 e. The lowest BCUT2D eigenvalue weighted by Crippen LogP contribution is -2.36. The SMILES string of the molecule is COCC(C)(C)Nc1ncc(F)cc1C(=O)O. The molecule has 0 amide bonds. The van der Waals surface area contributed by atoms with E-state index < -0.39 is 17.3 Å². The minimum Gasteiger partial charge on any atom is -0.478 e. The number of carboxylic acid groups (broad SMARTS) is 1. The maximum Gasteiger partial charge on any atom is 0.339 e. The third-order valence-corrected chi connectivity index (χ3v) is 2.05. The number of rotatable bonds is 5. The summed E-state index contributed by atoms with van der Waals surface area (Å²) in [5, 5.41) is 11.9. The summed E-state index contributed by atoms with van der Waals surface area (Å²) in [6.07, 6.45) is 0.970. The van der Waals surface area contributed by atoms with Gasteiger partial charge >= 0.3 is 5.97 Å². The molecule has 0 saturated carbocycles. The standard InChI is InChI=1S/C11H15FN2O3/c1-11(2,6-17-3)14-9-8(10(15)16)4-7(12)5-13-9/h4-5H,6H2,1-3H3,(H,13,14)(H,15,16). The van der Waals surface area contributed by atoms with Gasteiger partial charge in [-0.3, -0.25) is 0 Å². The predicted octanol–water partition coefficient (Wildman–Crippen LogP) is 1.76. The monoisotopic (exact) mass is 242 g/mol. The number of nitrogens with zero attached hydrogens (tertiary/aromatic N) is 1. The highest BCUT2D eigenvalue weighted by molar-refractivity contribution is 5.93. The van der Waals surface area contributed by atoms with Crippen LogP contribution in [0.25, 0.3) is 0 Å². The Balaban J connectivity index is 3.02. The Labute approximate surface area is 98.6 Å². The van der Waals surface area contributed by atoms with Crippen molar-refractivity contribution in [3.63, 3.8) is 0 Å². The summed E-state index contributed by atoms with van der Waals surface area (Å²) in [5.41, 5.74) is -0.696. The Morgan fingerprint density at radius 2 is 2.29 bits per heavy atom. The van der Waals surface area contributed by atoms with E-state index in [-0.39, 0.29) is 11.4 Å². The summed E-state index contributed by atoms with van der Waals surface area (Å²) in [6, 6.07) is 0.931. The lowest BCUT2D eigenvalue weighted by atomic mass is 10.1. The highest BCUT2D eigenvalue weighted by Crippen LogP contribution is 2.18. The van der Waals surface area contributed by atoms with E-state index in [1.807, 2.05) is 13.8 Å². The molecule has 0 saturated heterocycles. The minimum absolute atomic E-state index is 0.126. The molecule has 0 aliphatic rings. The van der Waals surface area contributed by atoms with Gasteiger partial charge in [0.15, 0.2) is 0 Å². The van der Waals surface area contributed by atoms with Gasteiger partial charge in [0, 0.05) is 7.11 Å². The number of halogens is 1. The second-order valence-electron chi connectivity index (χ2n) is 4.30. The van der Waals surface area contributed by atoms with E-state index in [9.17, 15) is 9.18 Å². The van der Waals surface area contributed by atoms with Crippen LogP contribution in [0.4, 0.5) is 10.2 Å². The zero-order valence-corrected chi connectivity index (χ0v) is 9.95. The third-order valence-electron chi connectivity index (χ3n) is 2.05. The molecule has 17 heavy (non-hydrogen) atoms. The van der Waals surface area contributed by atoms with Crippen LogP contribution in [-0.4, -0.2) is 35.3 Å². The fraction of sp³-hybridized carbons (Fsp3) is 0.455. The molecule has 0 aromatic carbocycles. The Kier molecular flexibility index (Phi) is 4.01. The summed E-state index contributed by atoms with van der Waals surface area (Å²) >= 11 is 0. The van der Waals surface area contributed by atoms with E-state index >= 15 is 0 Å². The summed E-state index contributed by atoms with van der Waals surface area (Å²) in [4.78, 5) is 14.7. The van der Waals surface area contributed by atoms with Crippen molar-refractivity contribution in [2.24, 2.45) is 0 Å². The fourth-order valence-corrected chi connectivity index (χ4v) is 1.42. The number of ether oxygens (including phenoxy) is 1. The first kappa shape index (κ1) is 13.4. The molecule has 0 atom stereocenters. The number of hydrogen-bond donors (Lipinski definition) is 2. The van der Waals surface area contributed by atoms with Gasteiger partial charge in [0.25, 0.3) is 0 Å². The first-order chi connectivity index (χ1) is 7.85. The van der Waals surface area contributed by atoms with Crippen LogP contribution in [0.1, 0.15) is 24.2 Å². The van der Waals surface area contributed by atoms with E-state index in [4.69, 9.17) is 9.84 Å². The van der Waals surface area contributed by atoms with Gasteiger partial charge in [-0.05, 0) is 19.9 Å². The van der Waals surface area contributed by atoms with Crippen molar-refractivity contribution in [1.82, 2.24) is 4.98 Å². The van der Waals surface area contributed by atoms with E-state index in [1.54, 1.807) is 7.11 Å². The number of aromatic carboxylic acids is 1. The summed E-state index contributed by atoms with van der Waals surface area (Å²) in [7, 11) is 1.54. The maximum atomic E-state index is 12.9. The third kappa shape index (κ3) is 3.67. The molecule has 0 aliphatic carbocycles. The number of anilines is 1. The van der Waals surface area contributed by atoms with Gasteiger partial charge in [0.2, 0.25) is 0 Å². The van der Waals surface area contributed by atoms with Crippen molar-refractivity contribution in [1.29, 1.82) is 0 Å². The number of pyridine rings is 1. The molecule has 94 valence electrons. The molecule has 0 unspecified atom stereocenters. The highest BCUT2D eigenvalue weighted by atomic mass is 19.1. The molecule has 1 aromatic heterocycles. The van der Waals surface area contributed by atoms with Crippen LogP contribution in [0.3, 0.4) is 0 Å². The summed E-state index contributed by atoms with van der Waals surface area (Å²) in [5.74, 6) is -1.79. The number of carbonyl (C=O) groups is 1. The topological polar surface area (TPSA) is 71.5 Å². The number of nitrogens with one attached hydrogen (secondary N) is 1. The van der Waals surface area contributed by atoms with E-state index in [1.165, 1.54) is 0 Å². The second kappa shape index (κ2) is 5.09. The first-order valence-electron chi connectivity index (χ1n) is 5.02. The van der Waals surface area contributed by atoms with E-state index in [0.29, 0.717) is 6.61 Å². The van der Waals surface area contributed by atoms with Crippen LogP contribution in [-0.2, 0) is 4.74 Å². The first-order valence-corrected chi connectivity index (χ1v) is 5.02. The van der Waals surface area contributed by atoms with Gasteiger partial charge in [0.05, 0.1) is 18.3 Å². The molecule has 0 bridgehead atoms. The summed E-state index contributed by atoms with van der Waals surface area (Å²) in [6.45, 7) is 4.02. The molecule has 0 spiro atoms. The van der Waals surface area contributed by atoms with Crippen molar-refractivity contribution >= 4 is 11.8 Å². The zero-order valence-electron chi connectivity index (χ0n) is 9.95. The van der Waals surface area contributed by atoms with Gasteiger partial charge in [-0.15, -0.1) is 0 Å². The van der Waals surface area contributed by atoms with Crippen LogP contribution in [0, 0.1) is 5.82 Å². The molecule has 5 nitrogen and oxygen atoms in total. The van der Waals surface area contributed by atoms with E-state index in [2.05, 4.69) is 10.3 Å². The summed E-state index contributed by atoms with van der Waals surface area (Å²) < 4.78 is 17.9. The van der Waals surface area contributed by atoms with Crippen molar-refractivity contribution in [2.45, 2.75) is 19.4 Å². The molecular formula is C11H15FN2O3. The van der Waals surface area contributed by atoms with Crippen LogP contribution in [0.5, 0.6) is 0 Å². The Morgan fingerprint density at radius 3 is 2.82 bits per heavy atom. The number of aromatic nitrogens is 1. The molecule has 6 heteroatoms. The van der Waals surface area contributed by atoms with Crippen LogP contribution >= 0.6 is 0 Å². The molecular weight excluding hydrogens is 227 g/mol. The molecule has 2 N–H and O–H groups in total. The smallest absolute Gasteiger partial charge is 0.339 e. The number of carboxylic acids is 1. The highest BCUT2D eigenvalue weighted by Gasteiger charge is 2.21. The zero-order chi connectivity index (χ0) is 13.1. The van der Waals surface area contributed by atoms with Crippen LogP contribution in [0.2, 0.25) is 0 Å². The van der Waals surface area contributed by atoms with Crippen molar-refractivity contribution in [3.8, 4) is 0 Å². The van der Waals surface area contributed by atoms with E-state index in [0.717, 1.165) is 12.3 Å². The van der Waals surface area contributed by atoms with Gasteiger partial charge in [-0.2, -0.15) is 0 Å². The number of hydrogen-bond acceptors (Lipinski definition) is 4. The second-order valence-corrected chi connectivity index (χ2v) is 4.30. The lowest BCUT2D eigenvalue weighted by molar-refractivity contribution is 0.0696.